The van der Waals surface area contributed by atoms with Gasteiger partial charge in [0.2, 0.25) is 5.91 Å². The van der Waals surface area contributed by atoms with Gasteiger partial charge in [-0.25, -0.2) is 0 Å². The van der Waals surface area contributed by atoms with E-state index in [1.807, 2.05) is 19.1 Å². The Bertz CT molecular complexity index is 664. The van der Waals surface area contributed by atoms with Crippen LogP contribution in [-0.4, -0.2) is 74.8 Å². The van der Waals surface area contributed by atoms with Crippen molar-refractivity contribution in [2.24, 2.45) is 0 Å². The summed E-state index contributed by atoms with van der Waals surface area (Å²) in [4.78, 5) is 16.3. The van der Waals surface area contributed by atoms with E-state index in [0.29, 0.717) is 12.2 Å². The van der Waals surface area contributed by atoms with E-state index in [1.54, 1.807) is 0 Å². The lowest BCUT2D eigenvalue weighted by Crippen LogP contribution is -2.50. The zero-order valence-corrected chi connectivity index (χ0v) is 13.5. The van der Waals surface area contributed by atoms with Crippen LogP contribution in [0.15, 0.2) is 12.1 Å². The number of nitrogens with one attached hydrogen (secondary N) is 1. The maximum atomic E-state index is 11.9. The average Bonchev–Trinajstić information content (AvgIpc) is 3.03. The number of anilines is 1. The van der Waals surface area contributed by atoms with Crippen molar-refractivity contribution in [1.82, 2.24) is 35.5 Å². The second-order valence-electron chi connectivity index (χ2n) is 5.86. The standard InChI is InChI=1S/C14H22N8O/c1-3-11(2)15-14(23)10-20-6-8-21(9-7-20)13-5-4-12-16-18-19-22(12)17-13/h4-5,11H,3,6-10H2,1-2H3,(H,15,23)/t11-/m0/s1. The maximum Gasteiger partial charge on any atom is 0.234 e. The van der Waals surface area contributed by atoms with E-state index in [0.717, 1.165) is 38.4 Å². The Balaban J connectivity index is 1.52. The minimum absolute atomic E-state index is 0.0982. The van der Waals surface area contributed by atoms with Crippen LogP contribution in [0.3, 0.4) is 0 Å². The molecule has 0 aliphatic carbocycles. The van der Waals surface area contributed by atoms with Gasteiger partial charge in [-0.1, -0.05) is 6.92 Å². The number of piperazine rings is 1. The highest BCUT2D eigenvalue weighted by molar-refractivity contribution is 5.78. The Kier molecular flexibility index (Phi) is 4.65. The molecule has 1 aliphatic rings. The Morgan fingerprint density at radius 1 is 1.30 bits per heavy atom. The third-order valence-corrected chi connectivity index (χ3v) is 4.14. The van der Waals surface area contributed by atoms with E-state index in [1.165, 1.54) is 4.63 Å². The second kappa shape index (κ2) is 6.86. The molecule has 1 saturated heterocycles. The quantitative estimate of drug-likeness (QED) is 0.799. The van der Waals surface area contributed by atoms with E-state index in [-0.39, 0.29) is 11.9 Å². The molecule has 0 radical (unpaired) electrons. The van der Waals surface area contributed by atoms with E-state index < -0.39 is 0 Å². The minimum atomic E-state index is 0.0982. The molecule has 0 saturated carbocycles. The highest BCUT2D eigenvalue weighted by Crippen LogP contribution is 2.13. The van der Waals surface area contributed by atoms with Gasteiger partial charge in [-0.3, -0.25) is 9.69 Å². The highest BCUT2D eigenvalue weighted by atomic mass is 16.2. The Morgan fingerprint density at radius 3 is 2.83 bits per heavy atom. The molecule has 1 amide bonds. The predicted molar refractivity (Wildman–Crippen MR) is 85.1 cm³/mol. The summed E-state index contributed by atoms with van der Waals surface area (Å²) >= 11 is 0. The molecular formula is C14H22N8O. The first-order valence-electron chi connectivity index (χ1n) is 7.98. The summed E-state index contributed by atoms with van der Waals surface area (Å²) in [5.74, 6) is 0.953. The number of tetrazole rings is 1. The average molecular weight is 318 g/mol. The number of nitrogens with zero attached hydrogens (tertiary/aromatic N) is 7. The summed E-state index contributed by atoms with van der Waals surface area (Å²) < 4.78 is 1.43. The fraction of sp³-hybridized carbons (Fsp3) is 0.643. The molecule has 1 fully saturated rings. The zero-order valence-electron chi connectivity index (χ0n) is 13.5. The lowest BCUT2D eigenvalue weighted by molar-refractivity contribution is -0.122. The summed E-state index contributed by atoms with van der Waals surface area (Å²) in [7, 11) is 0. The van der Waals surface area contributed by atoms with Crippen LogP contribution in [0.5, 0.6) is 0 Å². The number of aromatic nitrogens is 5. The fourth-order valence-corrected chi connectivity index (χ4v) is 2.57. The number of carbonyl (C=O) groups excluding carboxylic acids is 1. The lowest BCUT2D eigenvalue weighted by Gasteiger charge is -2.34. The van der Waals surface area contributed by atoms with Crippen LogP contribution in [0.4, 0.5) is 5.82 Å². The molecule has 9 heteroatoms. The van der Waals surface area contributed by atoms with Gasteiger partial charge in [0.1, 0.15) is 0 Å². The van der Waals surface area contributed by atoms with Crippen LogP contribution in [0.1, 0.15) is 20.3 Å². The van der Waals surface area contributed by atoms with Crippen molar-refractivity contribution in [2.45, 2.75) is 26.3 Å². The SMILES string of the molecule is CC[C@H](C)NC(=O)CN1CCN(c2ccc3nnnn3n2)CC1. The Labute approximate surface area is 134 Å². The molecule has 1 atom stereocenters. The monoisotopic (exact) mass is 318 g/mol. The number of fused-ring (bicyclic) bond motifs is 1. The fourth-order valence-electron chi connectivity index (χ4n) is 2.57. The predicted octanol–water partition coefficient (Wildman–Crippen LogP) is -0.444. The van der Waals surface area contributed by atoms with Gasteiger partial charge in [0.05, 0.1) is 6.54 Å². The van der Waals surface area contributed by atoms with Crippen molar-refractivity contribution in [3.63, 3.8) is 0 Å². The summed E-state index contributed by atoms with van der Waals surface area (Å²) in [6, 6.07) is 4.02. The smallest absolute Gasteiger partial charge is 0.234 e. The minimum Gasteiger partial charge on any atom is -0.353 e. The van der Waals surface area contributed by atoms with Gasteiger partial charge in [0.15, 0.2) is 11.5 Å². The molecule has 0 bridgehead atoms. The van der Waals surface area contributed by atoms with Crippen LogP contribution < -0.4 is 10.2 Å². The van der Waals surface area contributed by atoms with E-state index in [9.17, 15) is 4.79 Å². The van der Waals surface area contributed by atoms with Crippen molar-refractivity contribution in [2.75, 3.05) is 37.6 Å². The molecule has 124 valence electrons. The summed E-state index contributed by atoms with van der Waals surface area (Å²) in [5.41, 5.74) is 0.633. The molecule has 1 N–H and O–H groups in total. The van der Waals surface area contributed by atoms with Crippen LogP contribution in [0.2, 0.25) is 0 Å². The summed E-state index contributed by atoms with van der Waals surface area (Å²) in [5, 5.41) is 18.7. The van der Waals surface area contributed by atoms with Gasteiger partial charge in [-0.2, -0.15) is 0 Å². The number of rotatable bonds is 5. The molecule has 2 aromatic heterocycles. The third kappa shape index (κ3) is 3.73. The Morgan fingerprint density at radius 2 is 2.09 bits per heavy atom. The number of hydrogen-bond donors (Lipinski definition) is 1. The van der Waals surface area contributed by atoms with Gasteiger partial charge in [-0.15, -0.1) is 14.8 Å². The first-order chi connectivity index (χ1) is 11.2. The van der Waals surface area contributed by atoms with Gasteiger partial charge in [0, 0.05) is 32.2 Å². The molecule has 0 spiro atoms. The van der Waals surface area contributed by atoms with Crippen molar-refractivity contribution < 1.29 is 4.79 Å². The Hall–Kier alpha value is -2.29. The molecular weight excluding hydrogens is 296 g/mol. The second-order valence-corrected chi connectivity index (χ2v) is 5.86. The van der Waals surface area contributed by atoms with Crippen molar-refractivity contribution >= 4 is 17.4 Å². The summed E-state index contributed by atoms with van der Waals surface area (Å²) in [6.45, 7) is 7.88. The topological polar surface area (TPSA) is 91.5 Å². The van der Waals surface area contributed by atoms with Gasteiger partial charge in [0.25, 0.3) is 0 Å². The molecule has 0 aromatic carbocycles. The maximum absolute atomic E-state index is 11.9. The lowest BCUT2D eigenvalue weighted by atomic mass is 10.2. The normalized spacial score (nSPS) is 17.4. The largest absolute Gasteiger partial charge is 0.353 e. The molecule has 2 aromatic rings. The van der Waals surface area contributed by atoms with Gasteiger partial charge in [-0.05, 0) is 35.9 Å². The molecule has 23 heavy (non-hydrogen) atoms. The molecule has 9 nitrogen and oxygen atoms in total. The number of carbonyl (C=O) groups is 1. The van der Waals surface area contributed by atoms with Gasteiger partial charge >= 0.3 is 0 Å². The van der Waals surface area contributed by atoms with Crippen molar-refractivity contribution in [1.29, 1.82) is 0 Å². The summed E-state index contributed by atoms with van der Waals surface area (Å²) in [6.07, 6.45) is 0.949. The van der Waals surface area contributed by atoms with Crippen LogP contribution in [0, 0.1) is 0 Å². The highest BCUT2D eigenvalue weighted by Gasteiger charge is 2.20. The molecule has 3 rings (SSSR count). The van der Waals surface area contributed by atoms with Crippen LogP contribution in [0.25, 0.3) is 5.65 Å². The zero-order chi connectivity index (χ0) is 16.2. The number of hydrogen-bond acceptors (Lipinski definition) is 7. The van der Waals surface area contributed by atoms with Crippen molar-refractivity contribution in [3.8, 4) is 0 Å². The first-order valence-corrected chi connectivity index (χ1v) is 7.98. The number of amides is 1. The molecule has 0 unspecified atom stereocenters. The van der Waals surface area contributed by atoms with Crippen LogP contribution in [-0.2, 0) is 4.79 Å². The molecule has 1 aliphatic heterocycles. The third-order valence-electron chi connectivity index (χ3n) is 4.14. The first kappa shape index (κ1) is 15.6. The van der Waals surface area contributed by atoms with Crippen molar-refractivity contribution in [3.05, 3.63) is 12.1 Å². The van der Waals surface area contributed by atoms with E-state index in [4.69, 9.17) is 0 Å². The molecule has 3 heterocycles. The van der Waals surface area contributed by atoms with E-state index >= 15 is 0 Å². The van der Waals surface area contributed by atoms with E-state index in [2.05, 4.69) is 42.7 Å². The van der Waals surface area contributed by atoms with Crippen LogP contribution >= 0.6 is 0 Å². The van der Waals surface area contributed by atoms with Gasteiger partial charge < -0.3 is 10.2 Å².